The van der Waals surface area contributed by atoms with E-state index in [9.17, 15) is 24.2 Å². The second-order valence-electron chi connectivity index (χ2n) is 17.5. The van der Waals surface area contributed by atoms with E-state index in [0.29, 0.717) is 6.42 Å². The molecular weight excluding hydrogens is 810 g/mol. The van der Waals surface area contributed by atoms with Crippen molar-refractivity contribution in [1.82, 2.24) is 5.32 Å². The lowest BCUT2D eigenvalue weighted by Gasteiger charge is -2.15. The van der Waals surface area contributed by atoms with Crippen LogP contribution in [0.5, 0.6) is 0 Å². The third kappa shape index (κ3) is 50.8. The highest BCUT2D eigenvalue weighted by Crippen LogP contribution is 2.42. The average molecular weight is 908 g/mol. The number of phosphoric acid groups is 1. The van der Waals surface area contributed by atoms with Gasteiger partial charge in [-0.15, -0.1) is 0 Å². The zero-order chi connectivity index (χ0) is 46.0. The minimum absolute atomic E-state index is 0.0802. The molecule has 9 nitrogen and oxygen atoms in total. The summed E-state index contributed by atoms with van der Waals surface area (Å²) in [6.07, 6.45) is 59.1. The van der Waals surface area contributed by atoms with Crippen molar-refractivity contribution in [3.8, 4) is 0 Å². The molecule has 368 valence electrons. The van der Waals surface area contributed by atoms with E-state index < -0.39 is 26.5 Å². The van der Waals surface area contributed by atoms with Crippen LogP contribution in [0.25, 0.3) is 0 Å². The van der Waals surface area contributed by atoms with Crippen molar-refractivity contribution in [1.29, 1.82) is 0 Å². The number of phosphoric ester groups is 1. The van der Waals surface area contributed by atoms with Crippen molar-refractivity contribution >= 4 is 19.7 Å². The minimum atomic E-state index is -4.43. The van der Waals surface area contributed by atoms with E-state index in [-0.39, 0.29) is 32.1 Å². The SMILES string of the molecule is CCCCC/C=C\C/C=C\C/C=C\CCCCCCCCC(=O)OCC(O)COP(=O)(O)OCCNC(=O)CCCCCCCCCCCCCCC/C=C/CCCCCCCC. The lowest BCUT2D eigenvalue weighted by atomic mass is 10.0. The number of amides is 1. The first-order valence-electron chi connectivity index (χ1n) is 26.1. The molecule has 0 fully saturated rings. The maximum absolute atomic E-state index is 12.2. The normalized spacial score (nSPS) is 13.5. The molecule has 2 unspecified atom stereocenters. The quantitative estimate of drug-likeness (QED) is 0.0238. The van der Waals surface area contributed by atoms with Crippen molar-refractivity contribution < 1.29 is 37.9 Å². The molecule has 0 bridgehead atoms. The number of carbonyl (C=O) groups is 2. The van der Waals surface area contributed by atoms with Gasteiger partial charge < -0.3 is 20.1 Å². The summed E-state index contributed by atoms with van der Waals surface area (Å²) < 4.78 is 27.0. The summed E-state index contributed by atoms with van der Waals surface area (Å²) in [5.41, 5.74) is 0. The number of allylic oxidation sites excluding steroid dienone is 8. The average Bonchev–Trinajstić information content (AvgIpc) is 3.27. The van der Waals surface area contributed by atoms with Gasteiger partial charge >= 0.3 is 13.8 Å². The van der Waals surface area contributed by atoms with Crippen LogP contribution in [0.4, 0.5) is 0 Å². The second kappa shape index (κ2) is 49.4. The number of aliphatic hydroxyl groups excluding tert-OH is 1. The number of unbranched alkanes of at least 4 members (excludes halogenated alkanes) is 28. The molecule has 2 atom stereocenters. The molecule has 0 aromatic rings. The molecule has 0 aliphatic carbocycles. The van der Waals surface area contributed by atoms with Gasteiger partial charge in [-0.05, 0) is 77.0 Å². The summed E-state index contributed by atoms with van der Waals surface area (Å²) in [4.78, 5) is 34.1. The molecule has 0 aliphatic rings. The summed E-state index contributed by atoms with van der Waals surface area (Å²) in [6, 6.07) is 0. The fourth-order valence-electron chi connectivity index (χ4n) is 7.27. The van der Waals surface area contributed by atoms with E-state index in [0.717, 1.165) is 64.2 Å². The fourth-order valence-corrected chi connectivity index (χ4v) is 8.02. The van der Waals surface area contributed by atoms with E-state index >= 15 is 0 Å². The van der Waals surface area contributed by atoms with Gasteiger partial charge in [-0.3, -0.25) is 18.6 Å². The largest absolute Gasteiger partial charge is 0.472 e. The number of nitrogens with one attached hydrogen (secondary N) is 1. The molecule has 10 heteroatoms. The molecule has 3 N–H and O–H groups in total. The predicted molar refractivity (Wildman–Crippen MR) is 266 cm³/mol. The molecule has 0 saturated heterocycles. The number of esters is 1. The Morgan fingerprint density at radius 2 is 0.857 bits per heavy atom. The molecule has 0 aromatic heterocycles. The maximum Gasteiger partial charge on any atom is 0.472 e. The second-order valence-corrected chi connectivity index (χ2v) is 18.9. The van der Waals surface area contributed by atoms with Crippen LogP contribution in [-0.4, -0.2) is 54.3 Å². The molecule has 0 radical (unpaired) electrons. The molecule has 0 aliphatic heterocycles. The smallest absolute Gasteiger partial charge is 0.463 e. The van der Waals surface area contributed by atoms with Gasteiger partial charge in [0.25, 0.3) is 0 Å². The van der Waals surface area contributed by atoms with Crippen LogP contribution in [0, 0.1) is 0 Å². The lowest BCUT2D eigenvalue weighted by Crippen LogP contribution is -2.27. The van der Waals surface area contributed by atoms with Gasteiger partial charge in [0.15, 0.2) is 0 Å². The van der Waals surface area contributed by atoms with Crippen molar-refractivity contribution in [2.75, 3.05) is 26.4 Å². The highest BCUT2D eigenvalue weighted by atomic mass is 31.2. The first-order valence-corrected chi connectivity index (χ1v) is 27.6. The van der Waals surface area contributed by atoms with E-state index in [1.807, 2.05) is 0 Å². The van der Waals surface area contributed by atoms with E-state index in [2.05, 4.69) is 67.8 Å². The Hall–Kier alpha value is -2.03. The molecule has 0 saturated carbocycles. The molecular formula is C53H98NO8P. The van der Waals surface area contributed by atoms with Gasteiger partial charge in [0.05, 0.1) is 13.2 Å². The number of hydrogen-bond donors (Lipinski definition) is 3. The number of ether oxygens (including phenoxy) is 1. The van der Waals surface area contributed by atoms with Gasteiger partial charge in [-0.2, -0.15) is 0 Å². The van der Waals surface area contributed by atoms with Gasteiger partial charge in [-0.25, -0.2) is 4.57 Å². The molecule has 0 heterocycles. The summed E-state index contributed by atoms with van der Waals surface area (Å²) in [6.45, 7) is 3.54. The Labute approximate surface area is 387 Å². The zero-order valence-electron chi connectivity index (χ0n) is 40.8. The van der Waals surface area contributed by atoms with Crippen LogP contribution >= 0.6 is 7.82 Å². The third-order valence-electron chi connectivity index (χ3n) is 11.2. The Morgan fingerprint density at radius 1 is 0.492 bits per heavy atom. The van der Waals surface area contributed by atoms with Crippen LogP contribution in [0.1, 0.15) is 245 Å². The van der Waals surface area contributed by atoms with Crippen molar-refractivity contribution in [2.45, 2.75) is 251 Å². The summed E-state index contributed by atoms with van der Waals surface area (Å²) >= 11 is 0. The Bertz CT molecular complexity index is 1170. The number of aliphatic hydroxyl groups is 1. The first kappa shape index (κ1) is 61.0. The van der Waals surface area contributed by atoms with Crippen LogP contribution in [-0.2, 0) is 27.9 Å². The van der Waals surface area contributed by atoms with E-state index in [4.69, 9.17) is 13.8 Å². The highest BCUT2D eigenvalue weighted by molar-refractivity contribution is 7.47. The van der Waals surface area contributed by atoms with Crippen molar-refractivity contribution in [3.63, 3.8) is 0 Å². The van der Waals surface area contributed by atoms with Crippen LogP contribution in [0.3, 0.4) is 0 Å². The van der Waals surface area contributed by atoms with Crippen molar-refractivity contribution in [2.24, 2.45) is 0 Å². The van der Waals surface area contributed by atoms with Gasteiger partial charge in [-0.1, -0.05) is 204 Å². The maximum atomic E-state index is 12.2. The molecule has 0 aromatic carbocycles. The first-order chi connectivity index (χ1) is 30.8. The lowest BCUT2D eigenvalue weighted by molar-refractivity contribution is -0.147. The molecule has 0 spiro atoms. The number of hydrogen-bond acceptors (Lipinski definition) is 7. The topological polar surface area (TPSA) is 131 Å². The van der Waals surface area contributed by atoms with Crippen molar-refractivity contribution in [3.05, 3.63) is 48.6 Å². The van der Waals surface area contributed by atoms with Gasteiger partial charge in [0.1, 0.15) is 12.7 Å². The molecule has 0 rings (SSSR count). The van der Waals surface area contributed by atoms with Crippen LogP contribution in [0.2, 0.25) is 0 Å². The summed E-state index contributed by atoms with van der Waals surface area (Å²) in [5.74, 6) is -0.524. The standard InChI is InChI=1S/C53H98NO8P/c1-3-5-7-9-11-13-15-17-19-21-23-24-25-26-28-29-31-33-35-37-39-41-43-45-52(56)54-47-48-61-63(58,59)62-50-51(55)49-60-53(57)46-44-42-40-38-36-34-32-30-27-22-20-18-16-14-12-10-8-6-4-2/h12,14,17-20,27,30,51,55H,3-11,13,15-16,21-26,28-29,31-50H2,1-2H3,(H,54,56)(H,58,59)/b14-12-,19-17+,20-18-,30-27-. The summed E-state index contributed by atoms with van der Waals surface area (Å²) in [7, 11) is -4.43. The van der Waals surface area contributed by atoms with Gasteiger partial charge in [0, 0.05) is 19.4 Å². The molecule has 1 amide bonds. The monoisotopic (exact) mass is 908 g/mol. The minimum Gasteiger partial charge on any atom is -0.463 e. The third-order valence-corrected chi connectivity index (χ3v) is 12.2. The Kier molecular flexibility index (Phi) is 47.8. The predicted octanol–water partition coefficient (Wildman–Crippen LogP) is 15.4. The Morgan fingerprint density at radius 3 is 1.33 bits per heavy atom. The van der Waals surface area contributed by atoms with Gasteiger partial charge in [0.2, 0.25) is 5.91 Å². The Balaban J connectivity index is 3.56. The number of carbonyl (C=O) groups excluding carboxylic acids is 2. The van der Waals surface area contributed by atoms with E-state index in [1.54, 1.807) is 0 Å². The fraction of sp³-hybridized carbons (Fsp3) is 0.811. The van der Waals surface area contributed by atoms with Crippen LogP contribution in [0.15, 0.2) is 48.6 Å². The number of rotatable bonds is 49. The summed E-state index contributed by atoms with van der Waals surface area (Å²) in [5, 5.41) is 12.8. The molecule has 63 heavy (non-hydrogen) atoms. The zero-order valence-corrected chi connectivity index (χ0v) is 41.7. The van der Waals surface area contributed by atoms with E-state index in [1.165, 1.54) is 154 Å². The highest BCUT2D eigenvalue weighted by Gasteiger charge is 2.23. The van der Waals surface area contributed by atoms with Crippen LogP contribution < -0.4 is 5.32 Å².